The molecule has 0 bridgehead atoms. The van der Waals surface area contributed by atoms with Gasteiger partial charge in [0.25, 0.3) is 9.05 Å². The molecule has 0 aliphatic rings. The van der Waals surface area contributed by atoms with Crippen LogP contribution in [0.1, 0.15) is 45.1 Å². The van der Waals surface area contributed by atoms with E-state index in [-0.39, 0.29) is 16.8 Å². The van der Waals surface area contributed by atoms with Gasteiger partial charge in [-0.2, -0.15) is 0 Å². The molecular weight excluding hydrogens is 310 g/mol. The van der Waals surface area contributed by atoms with Crippen molar-refractivity contribution in [3.05, 3.63) is 29.8 Å². The average Bonchev–Trinajstić information content (AvgIpc) is 2.42. The summed E-state index contributed by atoms with van der Waals surface area (Å²) in [6.45, 7) is 4.13. The Morgan fingerprint density at radius 2 is 1.90 bits per heavy atom. The van der Waals surface area contributed by atoms with Gasteiger partial charge in [0.05, 0.1) is 4.90 Å². The first-order valence-electron chi connectivity index (χ1n) is 7.16. The molecule has 0 spiro atoms. The first-order valence-corrected chi connectivity index (χ1v) is 9.47. The van der Waals surface area contributed by atoms with E-state index in [9.17, 15) is 13.2 Å². The van der Waals surface area contributed by atoms with Gasteiger partial charge in [0.15, 0.2) is 0 Å². The molecule has 0 fully saturated rings. The highest BCUT2D eigenvalue weighted by molar-refractivity contribution is 8.13. The topological polar surface area (TPSA) is 63.2 Å². The van der Waals surface area contributed by atoms with Crippen molar-refractivity contribution >= 4 is 25.6 Å². The van der Waals surface area contributed by atoms with Crippen LogP contribution in [0, 0.1) is 0 Å². The molecule has 1 aromatic carbocycles. The van der Waals surface area contributed by atoms with Crippen molar-refractivity contribution in [1.82, 2.24) is 5.32 Å². The second kappa shape index (κ2) is 8.39. The predicted molar refractivity (Wildman–Crippen MR) is 84.9 cm³/mol. The summed E-state index contributed by atoms with van der Waals surface area (Å²) in [7, 11) is 1.56. The van der Waals surface area contributed by atoms with Crippen LogP contribution in [0.4, 0.5) is 0 Å². The molecule has 0 heterocycles. The number of amides is 1. The summed E-state index contributed by atoms with van der Waals surface area (Å²) in [4.78, 5) is 11.9. The predicted octanol–water partition coefficient (Wildman–Crippen LogP) is 3.24. The van der Waals surface area contributed by atoms with Crippen LogP contribution in [0.15, 0.2) is 29.2 Å². The van der Waals surface area contributed by atoms with Crippen molar-refractivity contribution in [2.75, 3.05) is 0 Å². The van der Waals surface area contributed by atoms with Gasteiger partial charge < -0.3 is 5.32 Å². The molecule has 0 saturated heterocycles. The molecule has 6 heteroatoms. The van der Waals surface area contributed by atoms with Crippen molar-refractivity contribution in [2.24, 2.45) is 0 Å². The zero-order chi connectivity index (χ0) is 15.9. The molecule has 0 aromatic heterocycles. The van der Waals surface area contributed by atoms with Crippen LogP contribution in [0.2, 0.25) is 0 Å². The highest BCUT2D eigenvalue weighted by Crippen LogP contribution is 2.16. The van der Waals surface area contributed by atoms with Gasteiger partial charge in [-0.05, 0) is 37.5 Å². The van der Waals surface area contributed by atoms with E-state index in [0.717, 1.165) is 24.8 Å². The lowest BCUT2D eigenvalue weighted by Gasteiger charge is -2.13. The maximum Gasteiger partial charge on any atom is 0.261 e. The molecule has 1 N–H and O–H groups in total. The van der Waals surface area contributed by atoms with Gasteiger partial charge in [0.1, 0.15) is 0 Å². The molecule has 21 heavy (non-hydrogen) atoms. The highest BCUT2D eigenvalue weighted by atomic mass is 35.7. The Bertz CT molecular complexity index is 555. The Labute approximate surface area is 131 Å². The lowest BCUT2D eigenvalue weighted by molar-refractivity contribution is -0.121. The fraction of sp³-hybridized carbons (Fsp3) is 0.533. The number of carbonyl (C=O) groups excluding carboxylic acids is 1. The smallest absolute Gasteiger partial charge is 0.261 e. The Kier molecular flexibility index (Phi) is 7.18. The van der Waals surface area contributed by atoms with Crippen LogP contribution < -0.4 is 5.32 Å². The Morgan fingerprint density at radius 1 is 1.29 bits per heavy atom. The third kappa shape index (κ3) is 6.96. The molecule has 118 valence electrons. The minimum absolute atomic E-state index is 0.0210. The SMILES string of the molecule is CCCCC(C)NC(=O)CCc1ccc(S(=O)(=O)Cl)cc1. The molecule has 0 aliphatic carbocycles. The minimum atomic E-state index is -3.68. The number of benzene rings is 1. The number of rotatable bonds is 8. The standard InChI is InChI=1S/C15H22ClNO3S/c1-3-4-5-12(2)17-15(18)11-8-13-6-9-14(10-7-13)21(16,19)20/h6-7,9-10,12H,3-5,8,11H2,1-2H3,(H,17,18). The van der Waals surface area contributed by atoms with E-state index in [2.05, 4.69) is 12.2 Å². The maximum absolute atomic E-state index is 11.8. The van der Waals surface area contributed by atoms with E-state index >= 15 is 0 Å². The quantitative estimate of drug-likeness (QED) is 0.744. The number of nitrogens with one attached hydrogen (secondary N) is 1. The molecule has 1 amide bonds. The average molecular weight is 332 g/mol. The lowest BCUT2D eigenvalue weighted by atomic mass is 10.1. The third-order valence-corrected chi connectivity index (χ3v) is 4.61. The summed E-state index contributed by atoms with van der Waals surface area (Å²) in [5.41, 5.74) is 0.912. The Morgan fingerprint density at radius 3 is 2.43 bits per heavy atom. The van der Waals surface area contributed by atoms with Crippen LogP contribution in [-0.2, 0) is 20.3 Å². The van der Waals surface area contributed by atoms with Crippen LogP contribution in [0.3, 0.4) is 0 Å². The fourth-order valence-electron chi connectivity index (χ4n) is 2.01. The Balaban J connectivity index is 2.43. The van der Waals surface area contributed by atoms with Crippen molar-refractivity contribution < 1.29 is 13.2 Å². The maximum atomic E-state index is 11.8. The van der Waals surface area contributed by atoms with E-state index in [4.69, 9.17) is 10.7 Å². The second-order valence-electron chi connectivity index (χ2n) is 5.19. The molecule has 1 atom stereocenters. The largest absolute Gasteiger partial charge is 0.354 e. The van der Waals surface area contributed by atoms with Crippen LogP contribution >= 0.6 is 10.7 Å². The molecule has 0 saturated carbocycles. The fourth-order valence-corrected chi connectivity index (χ4v) is 2.78. The van der Waals surface area contributed by atoms with Gasteiger partial charge in [-0.15, -0.1) is 0 Å². The number of unbranched alkanes of at least 4 members (excludes halogenated alkanes) is 1. The molecule has 0 aliphatic heterocycles. The van der Waals surface area contributed by atoms with E-state index in [1.807, 2.05) is 6.92 Å². The number of halogens is 1. The van der Waals surface area contributed by atoms with Gasteiger partial charge in [-0.1, -0.05) is 31.9 Å². The summed E-state index contributed by atoms with van der Waals surface area (Å²) in [6.07, 6.45) is 4.19. The second-order valence-corrected chi connectivity index (χ2v) is 7.76. The van der Waals surface area contributed by atoms with Gasteiger partial charge in [-0.3, -0.25) is 4.79 Å². The van der Waals surface area contributed by atoms with Crippen molar-refractivity contribution in [2.45, 2.75) is 56.9 Å². The zero-order valence-corrected chi connectivity index (χ0v) is 14.0. The minimum Gasteiger partial charge on any atom is -0.354 e. The van der Waals surface area contributed by atoms with Crippen LogP contribution in [0.5, 0.6) is 0 Å². The van der Waals surface area contributed by atoms with Gasteiger partial charge in [-0.25, -0.2) is 8.42 Å². The normalized spacial score (nSPS) is 12.9. The van der Waals surface area contributed by atoms with E-state index < -0.39 is 9.05 Å². The Hall–Kier alpha value is -1.07. The van der Waals surface area contributed by atoms with E-state index in [1.54, 1.807) is 12.1 Å². The van der Waals surface area contributed by atoms with E-state index in [1.165, 1.54) is 12.1 Å². The van der Waals surface area contributed by atoms with Crippen molar-refractivity contribution in [3.8, 4) is 0 Å². The molecule has 0 radical (unpaired) electrons. The highest BCUT2D eigenvalue weighted by Gasteiger charge is 2.10. The summed E-state index contributed by atoms with van der Waals surface area (Å²) >= 11 is 0. The molecule has 1 rings (SSSR count). The molecule has 1 unspecified atom stereocenters. The number of hydrogen-bond acceptors (Lipinski definition) is 3. The lowest BCUT2D eigenvalue weighted by Crippen LogP contribution is -2.32. The van der Waals surface area contributed by atoms with Gasteiger partial charge in [0, 0.05) is 23.1 Å². The van der Waals surface area contributed by atoms with E-state index in [0.29, 0.717) is 12.8 Å². The van der Waals surface area contributed by atoms with Gasteiger partial charge >= 0.3 is 0 Å². The van der Waals surface area contributed by atoms with Crippen LogP contribution in [-0.4, -0.2) is 20.4 Å². The van der Waals surface area contributed by atoms with Crippen molar-refractivity contribution in [1.29, 1.82) is 0 Å². The third-order valence-electron chi connectivity index (χ3n) is 3.24. The van der Waals surface area contributed by atoms with Crippen molar-refractivity contribution in [3.63, 3.8) is 0 Å². The van der Waals surface area contributed by atoms with Crippen LogP contribution in [0.25, 0.3) is 0 Å². The van der Waals surface area contributed by atoms with Gasteiger partial charge in [0.2, 0.25) is 5.91 Å². The summed E-state index contributed by atoms with van der Waals surface area (Å²) in [5, 5.41) is 2.96. The number of aryl methyl sites for hydroxylation is 1. The monoisotopic (exact) mass is 331 g/mol. The molecule has 1 aromatic rings. The number of carbonyl (C=O) groups is 1. The summed E-state index contributed by atoms with van der Waals surface area (Å²) < 4.78 is 22.2. The first-order chi connectivity index (χ1) is 9.82. The number of hydrogen-bond donors (Lipinski definition) is 1. The zero-order valence-electron chi connectivity index (χ0n) is 12.4. The molecular formula is C15H22ClNO3S. The summed E-state index contributed by atoms with van der Waals surface area (Å²) in [5.74, 6) is 0.0210. The first kappa shape index (κ1) is 18.0. The summed E-state index contributed by atoms with van der Waals surface area (Å²) in [6, 6.07) is 6.48. The molecule has 4 nitrogen and oxygen atoms in total.